The lowest BCUT2D eigenvalue weighted by Crippen LogP contribution is -2.13. The smallest absolute Gasteiger partial charge is 0.361 e. The molecule has 0 radical (unpaired) electrons. The Labute approximate surface area is 147 Å². The van der Waals surface area contributed by atoms with Crippen molar-refractivity contribution in [2.45, 2.75) is 32.8 Å². The molecule has 0 saturated carbocycles. The van der Waals surface area contributed by atoms with Gasteiger partial charge in [0.1, 0.15) is 6.61 Å². The summed E-state index contributed by atoms with van der Waals surface area (Å²) in [7, 11) is 0. The number of nitrogens with zero attached hydrogens (tertiary/aromatic N) is 1. The fourth-order valence-electron chi connectivity index (χ4n) is 2.36. The van der Waals surface area contributed by atoms with Crippen molar-refractivity contribution in [3.8, 4) is 11.3 Å². The molecule has 0 spiro atoms. The SMILES string of the molecule is CC(C)(C)c1nc(C(=O)OCc2ccccc2)c(-c2ccccc2)o1. The summed E-state index contributed by atoms with van der Waals surface area (Å²) < 4.78 is 11.4. The lowest BCUT2D eigenvalue weighted by Gasteiger charge is -2.12. The molecule has 0 aliphatic heterocycles. The lowest BCUT2D eigenvalue weighted by atomic mass is 9.97. The molecule has 0 aliphatic carbocycles. The quantitative estimate of drug-likeness (QED) is 0.630. The Morgan fingerprint density at radius 2 is 1.60 bits per heavy atom. The number of aromatic nitrogens is 1. The molecule has 4 heteroatoms. The van der Waals surface area contributed by atoms with Crippen LogP contribution in [0.5, 0.6) is 0 Å². The first-order chi connectivity index (χ1) is 11.9. The van der Waals surface area contributed by atoms with Gasteiger partial charge in [0, 0.05) is 11.0 Å². The summed E-state index contributed by atoms with van der Waals surface area (Å²) in [5.74, 6) is 0.476. The molecule has 128 valence electrons. The first kappa shape index (κ1) is 17.0. The van der Waals surface area contributed by atoms with E-state index in [0.717, 1.165) is 11.1 Å². The van der Waals surface area contributed by atoms with Crippen LogP contribution in [-0.2, 0) is 16.8 Å². The Kier molecular flexibility index (Phi) is 4.70. The predicted octanol–water partition coefficient (Wildman–Crippen LogP) is 5.00. The molecule has 2 aromatic carbocycles. The Morgan fingerprint density at radius 3 is 2.20 bits per heavy atom. The van der Waals surface area contributed by atoms with Crippen LogP contribution in [0.3, 0.4) is 0 Å². The van der Waals surface area contributed by atoms with Crippen molar-refractivity contribution in [2.24, 2.45) is 0 Å². The highest BCUT2D eigenvalue weighted by Crippen LogP contribution is 2.31. The van der Waals surface area contributed by atoms with Gasteiger partial charge in [-0.2, -0.15) is 0 Å². The van der Waals surface area contributed by atoms with E-state index in [1.54, 1.807) is 0 Å². The molecular weight excluding hydrogens is 314 g/mol. The van der Waals surface area contributed by atoms with E-state index in [-0.39, 0.29) is 17.7 Å². The average Bonchev–Trinajstić information content (AvgIpc) is 3.07. The van der Waals surface area contributed by atoms with Crippen LogP contribution in [0.15, 0.2) is 65.1 Å². The second-order valence-corrected chi connectivity index (χ2v) is 6.87. The van der Waals surface area contributed by atoms with Crippen molar-refractivity contribution in [3.63, 3.8) is 0 Å². The number of hydrogen-bond acceptors (Lipinski definition) is 4. The average molecular weight is 335 g/mol. The number of hydrogen-bond donors (Lipinski definition) is 0. The zero-order chi connectivity index (χ0) is 17.9. The first-order valence-electron chi connectivity index (χ1n) is 8.23. The van der Waals surface area contributed by atoms with Gasteiger partial charge in [0.15, 0.2) is 11.5 Å². The van der Waals surface area contributed by atoms with E-state index in [4.69, 9.17) is 9.15 Å². The standard InChI is InChI=1S/C21H21NO3/c1-21(2,3)20-22-17(18(25-20)16-12-8-5-9-13-16)19(23)24-14-15-10-6-4-7-11-15/h4-13H,14H2,1-3H3. The van der Waals surface area contributed by atoms with Crippen molar-refractivity contribution in [2.75, 3.05) is 0 Å². The lowest BCUT2D eigenvalue weighted by molar-refractivity contribution is 0.0467. The summed E-state index contributed by atoms with van der Waals surface area (Å²) >= 11 is 0. The zero-order valence-electron chi connectivity index (χ0n) is 14.7. The molecule has 1 heterocycles. The van der Waals surface area contributed by atoms with Gasteiger partial charge in [-0.15, -0.1) is 0 Å². The van der Waals surface area contributed by atoms with Gasteiger partial charge >= 0.3 is 5.97 Å². The minimum atomic E-state index is -0.484. The van der Waals surface area contributed by atoms with Crippen LogP contribution in [0, 0.1) is 0 Å². The van der Waals surface area contributed by atoms with Crippen LogP contribution < -0.4 is 0 Å². The number of benzene rings is 2. The summed E-state index contributed by atoms with van der Waals surface area (Å²) in [6, 6.07) is 19.1. The summed E-state index contributed by atoms with van der Waals surface area (Å²) in [4.78, 5) is 17.0. The number of esters is 1. The third-order valence-corrected chi connectivity index (χ3v) is 3.71. The third kappa shape index (κ3) is 3.97. The summed E-state index contributed by atoms with van der Waals surface area (Å²) in [6.07, 6.45) is 0. The van der Waals surface area contributed by atoms with Gasteiger partial charge in [-0.25, -0.2) is 9.78 Å². The van der Waals surface area contributed by atoms with Gasteiger partial charge in [-0.05, 0) is 5.56 Å². The Bertz CT molecular complexity index is 846. The van der Waals surface area contributed by atoms with E-state index in [1.165, 1.54) is 0 Å². The number of rotatable bonds is 4. The molecule has 0 atom stereocenters. The van der Waals surface area contributed by atoms with Gasteiger partial charge in [-0.3, -0.25) is 0 Å². The first-order valence-corrected chi connectivity index (χ1v) is 8.23. The van der Waals surface area contributed by atoms with Crippen LogP contribution >= 0.6 is 0 Å². The molecule has 1 aromatic heterocycles. The van der Waals surface area contributed by atoms with Crippen molar-refractivity contribution >= 4 is 5.97 Å². The van der Waals surface area contributed by atoms with Crippen LogP contribution in [0.4, 0.5) is 0 Å². The fourth-order valence-corrected chi connectivity index (χ4v) is 2.36. The van der Waals surface area contributed by atoms with Crippen molar-refractivity contribution < 1.29 is 13.9 Å². The second kappa shape index (κ2) is 6.93. The number of ether oxygens (including phenoxy) is 1. The van der Waals surface area contributed by atoms with Crippen molar-refractivity contribution in [1.82, 2.24) is 4.98 Å². The van der Waals surface area contributed by atoms with E-state index < -0.39 is 5.97 Å². The van der Waals surface area contributed by atoms with E-state index in [9.17, 15) is 4.79 Å². The van der Waals surface area contributed by atoms with Gasteiger partial charge in [-0.1, -0.05) is 81.4 Å². The molecule has 4 nitrogen and oxygen atoms in total. The molecule has 0 N–H and O–H groups in total. The maximum atomic E-state index is 12.6. The van der Waals surface area contributed by atoms with Crippen molar-refractivity contribution in [3.05, 3.63) is 77.8 Å². The maximum absolute atomic E-state index is 12.6. The van der Waals surface area contributed by atoms with Crippen LogP contribution in [0.1, 0.15) is 42.7 Å². The highest BCUT2D eigenvalue weighted by molar-refractivity contribution is 5.93. The second-order valence-electron chi connectivity index (χ2n) is 6.87. The minimum absolute atomic E-state index is 0.200. The molecule has 0 bridgehead atoms. The topological polar surface area (TPSA) is 52.3 Å². The van der Waals surface area contributed by atoms with E-state index >= 15 is 0 Å². The highest BCUT2D eigenvalue weighted by Gasteiger charge is 2.28. The summed E-state index contributed by atoms with van der Waals surface area (Å²) in [5.41, 5.74) is 1.64. The molecule has 3 rings (SSSR count). The number of oxazole rings is 1. The Balaban J connectivity index is 1.91. The van der Waals surface area contributed by atoms with Crippen molar-refractivity contribution in [1.29, 1.82) is 0 Å². The normalized spacial score (nSPS) is 11.3. The largest absolute Gasteiger partial charge is 0.456 e. The van der Waals surface area contributed by atoms with Gasteiger partial charge in [0.25, 0.3) is 0 Å². The van der Waals surface area contributed by atoms with E-state index in [1.807, 2.05) is 81.4 Å². The van der Waals surface area contributed by atoms with Crippen LogP contribution in [0.2, 0.25) is 0 Å². The summed E-state index contributed by atoms with van der Waals surface area (Å²) in [5, 5.41) is 0. The molecular formula is C21H21NO3. The highest BCUT2D eigenvalue weighted by atomic mass is 16.5. The molecule has 25 heavy (non-hydrogen) atoms. The fraction of sp³-hybridized carbons (Fsp3) is 0.238. The summed E-state index contributed by atoms with van der Waals surface area (Å²) in [6.45, 7) is 6.18. The number of carbonyl (C=O) groups is 1. The Hall–Kier alpha value is -2.88. The van der Waals surface area contributed by atoms with E-state index in [0.29, 0.717) is 11.7 Å². The predicted molar refractivity (Wildman–Crippen MR) is 96.2 cm³/mol. The van der Waals surface area contributed by atoms with Crippen LogP contribution in [-0.4, -0.2) is 11.0 Å². The maximum Gasteiger partial charge on any atom is 0.361 e. The number of carbonyl (C=O) groups excluding carboxylic acids is 1. The molecule has 3 aromatic rings. The third-order valence-electron chi connectivity index (χ3n) is 3.71. The van der Waals surface area contributed by atoms with Gasteiger partial charge < -0.3 is 9.15 Å². The molecule has 0 saturated heterocycles. The van der Waals surface area contributed by atoms with Gasteiger partial charge in [0.2, 0.25) is 5.89 Å². The zero-order valence-corrected chi connectivity index (χ0v) is 14.7. The molecule has 0 unspecified atom stereocenters. The Morgan fingerprint density at radius 1 is 1.00 bits per heavy atom. The van der Waals surface area contributed by atoms with E-state index in [2.05, 4.69) is 4.98 Å². The van der Waals surface area contributed by atoms with Gasteiger partial charge in [0.05, 0.1) is 0 Å². The molecule has 0 fully saturated rings. The molecule has 0 amide bonds. The van der Waals surface area contributed by atoms with Crippen LogP contribution in [0.25, 0.3) is 11.3 Å². The molecule has 0 aliphatic rings. The minimum Gasteiger partial charge on any atom is -0.456 e. The monoisotopic (exact) mass is 335 g/mol.